The van der Waals surface area contributed by atoms with E-state index in [9.17, 15) is 0 Å². The third kappa shape index (κ3) is 7.17. The van der Waals surface area contributed by atoms with Gasteiger partial charge in [-0.3, -0.25) is 9.89 Å². The van der Waals surface area contributed by atoms with Crippen molar-refractivity contribution < 1.29 is 0 Å². The SMILES string of the molecule is CC(N)C(C)(C)N(C(C)C(C)(C)n1c2ccc1C(I)C1(I)C=CC(=N1)C(I)C1(I)C=CC(=CC3=NC(=C2)C=C3)N1C(C)(C)C(C)N)C(C)(C)C(C)N. The number of halogens is 4. The number of aliphatic imine (C=N–C) groups is 2. The molecular weight excluding hydrogens is 1100 g/mol. The number of aromatic nitrogens is 1. The van der Waals surface area contributed by atoms with Gasteiger partial charge in [-0.2, -0.15) is 0 Å². The first-order valence-electron chi connectivity index (χ1n) is 18.2. The van der Waals surface area contributed by atoms with E-state index in [0.717, 1.165) is 28.5 Å². The van der Waals surface area contributed by atoms with Crippen LogP contribution in [0.5, 0.6) is 0 Å². The van der Waals surface area contributed by atoms with Crippen LogP contribution < -0.4 is 17.2 Å². The molecule has 286 valence electrons. The lowest BCUT2D eigenvalue weighted by atomic mass is 9.79. The van der Waals surface area contributed by atoms with Gasteiger partial charge in [0, 0.05) is 52.3 Å². The molecule has 8 unspecified atom stereocenters. The zero-order valence-corrected chi connectivity index (χ0v) is 41.3. The van der Waals surface area contributed by atoms with E-state index in [1.165, 1.54) is 5.69 Å². The summed E-state index contributed by atoms with van der Waals surface area (Å²) in [6.45, 7) is 26.9. The summed E-state index contributed by atoms with van der Waals surface area (Å²) in [6, 6.07) is 4.30. The van der Waals surface area contributed by atoms with Gasteiger partial charge in [0.15, 0.2) is 0 Å². The van der Waals surface area contributed by atoms with Crippen LogP contribution in [-0.4, -0.2) is 77.6 Å². The number of nitrogens with two attached hydrogens (primary N) is 3. The molecule has 4 aliphatic heterocycles. The standard InChI is InChI=1S/C40H58I4N8/c1-23(45)35(5,6)51(36(7,8)24(2)46)26(4)38(11,12)50-29-15-16-32(50)34(42)39(43)19-18-31(49-39)33(41)40(44)20-17-30(52(40)37(9,10)25(3)47)22-28-14-13-27(21-29)48-28/h13-26,33-34H,45-47H2,1-12H3. The molecule has 8 bridgehead atoms. The van der Waals surface area contributed by atoms with Crippen molar-refractivity contribution in [3.63, 3.8) is 0 Å². The van der Waals surface area contributed by atoms with Gasteiger partial charge >= 0.3 is 0 Å². The summed E-state index contributed by atoms with van der Waals surface area (Å²) in [7, 11) is 0. The Morgan fingerprint density at radius 2 is 1.35 bits per heavy atom. The van der Waals surface area contributed by atoms with Gasteiger partial charge in [-0.15, -0.1) is 0 Å². The van der Waals surface area contributed by atoms with E-state index in [1.54, 1.807) is 0 Å². The molecule has 1 aromatic rings. The first kappa shape index (κ1) is 43.0. The van der Waals surface area contributed by atoms with Gasteiger partial charge in [0.2, 0.25) is 0 Å². The van der Waals surface area contributed by atoms with Crippen molar-refractivity contribution in [2.75, 3.05) is 0 Å². The maximum Gasteiger partial charge on any atom is 0.147 e. The maximum absolute atomic E-state index is 6.78. The summed E-state index contributed by atoms with van der Waals surface area (Å²) < 4.78 is 1.69. The molecule has 5 rings (SSSR count). The van der Waals surface area contributed by atoms with Gasteiger partial charge in [-0.25, -0.2) is 4.99 Å². The minimum Gasteiger partial charge on any atom is -0.346 e. The molecule has 52 heavy (non-hydrogen) atoms. The molecule has 12 heteroatoms. The highest BCUT2D eigenvalue weighted by Gasteiger charge is 2.54. The van der Waals surface area contributed by atoms with E-state index >= 15 is 0 Å². The van der Waals surface area contributed by atoms with Crippen LogP contribution in [-0.2, 0) is 5.54 Å². The average molecular weight is 1160 g/mol. The van der Waals surface area contributed by atoms with Crippen molar-refractivity contribution >= 4 is 108 Å². The number of alkyl halides is 4. The molecule has 5 heterocycles. The maximum atomic E-state index is 6.78. The average Bonchev–Trinajstić information content (AvgIpc) is 3.82. The molecule has 6 N–H and O–H groups in total. The predicted octanol–water partition coefficient (Wildman–Crippen LogP) is 8.97. The lowest BCUT2D eigenvalue weighted by Crippen LogP contribution is -2.72. The summed E-state index contributed by atoms with van der Waals surface area (Å²) >= 11 is 10.4. The number of fused-ring (bicyclic) bond motifs is 6. The van der Waals surface area contributed by atoms with Gasteiger partial charge in [-0.1, -0.05) is 45.2 Å². The van der Waals surface area contributed by atoms with Crippen LogP contribution in [0.2, 0.25) is 0 Å². The zero-order chi connectivity index (χ0) is 39.1. The normalized spacial score (nSPS) is 28.9. The smallest absolute Gasteiger partial charge is 0.147 e. The molecule has 0 saturated heterocycles. The van der Waals surface area contributed by atoms with Gasteiger partial charge < -0.3 is 26.7 Å². The van der Waals surface area contributed by atoms with E-state index in [2.05, 4.69) is 249 Å². The fraction of sp³-hybridized carbons (Fsp3) is 0.600. The number of hydrogen-bond acceptors (Lipinski definition) is 7. The van der Waals surface area contributed by atoms with Gasteiger partial charge in [0.25, 0.3) is 0 Å². The Morgan fingerprint density at radius 1 is 0.750 bits per heavy atom. The Hall–Kier alpha value is -0.120. The van der Waals surface area contributed by atoms with Crippen molar-refractivity contribution in [2.45, 2.75) is 144 Å². The van der Waals surface area contributed by atoms with Crippen LogP contribution in [0.4, 0.5) is 0 Å². The molecule has 0 amide bonds. The molecule has 8 atom stereocenters. The van der Waals surface area contributed by atoms with Crippen LogP contribution in [0.25, 0.3) is 6.08 Å². The Balaban J connectivity index is 1.76. The zero-order valence-electron chi connectivity index (χ0n) is 32.7. The van der Waals surface area contributed by atoms with Crippen molar-refractivity contribution in [3.05, 3.63) is 77.4 Å². The summed E-state index contributed by atoms with van der Waals surface area (Å²) in [5.41, 5.74) is 25.1. The Morgan fingerprint density at radius 3 is 1.90 bits per heavy atom. The van der Waals surface area contributed by atoms with E-state index < -0.39 is 12.6 Å². The molecule has 0 spiro atoms. The van der Waals surface area contributed by atoms with Crippen molar-refractivity contribution in [2.24, 2.45) is 27.2 Å². The van der Waals surface area contributed by atoms with E-state index in [1.807, 2.05) is 0 Å². The van der Waals surface area contributed by atoms with Gasteiger partial charge in [-0.05, 0) is 189 Å². The first-order chi connectivity index (χ1) is 23.7. The number of hydrogen-bond donors (Lipinski definition) is 3. The van der Waals surface area contributed by atoms with Gasteiger partial charge in [0.1, 0.15) is 7.09 Å². The van der Waals surface area contributed by atoms with E-state index in [4.69, 9.17) is 27.2 Å². The second-order valence-electron chi connectivity index (χ2n) is 17.3. The molecule has 4 aliphatic rings. The largest absolute Gasteiger partial charge is 0.346 e. The highest BCUT2D eigenvalue weighted by molar-refractivity contribution is 14.1. The second-order valence-corrected chi connectivity index (χ2v) is 23.2. The molecule has 0 fully saturated rings. The Bertz CT molecular complexity index is 1770. The molecule has 0 aliphatic carbocycles. The van der Waals surface area contributed by atoms with Crippen LogP contribution >= 0.6 is 90.4 Å². The lowest BCUT2D eigenvalue weighted by Gasteiger charge is -2.58. The summed E-state index contributed by atoms with van der Waals surface area (Å²) in [5.74, 6) is 0. The highest BCUT2D eigenvalue weighted by atomic mass is 127. The van der Waals surface area contributed by atoms with Crippen LogP contribution in [0.15, 0.2) is 76.0 Å². The molecule has 0 aromatic carbocycles. The molecule has 0 saturated carbocycles. The third-order valence-corrected chi connectivity index (χ3v) is 20.7. The first-order valence-corrected chi connectivity index (χ1v) is 22.8. The number of allylic oxidation sites excluding steroid dienone is 5. The highest BCUT2D eigenvalue weighted by Crippen LogP contribution is 2.52. The molecule has 0 radical (unpaired) electrons. The van der Waals surface area contributed by atoms with Crippen LogP contribution in [0.1, 0.15) is 98.4 Å². The Labute approximate surface area is 367 Å². The Kier molecular flexibility index (Phi) is 12.1. The fourth-order valence-electron chi connectivity index (χ4n) is 7.99. The van der Waals surface area contributed by atoms with Crippen molar-refractivity contribution in [1.82, 2.24) is 14.4 Å². The lowest BCUT2D eigenvalue weighted by molar-refractivity contribution is -0.0718. The minimum absolute atomic E-state index is 0.0143. The predicted molar refractivity (Wildman–Crippen MR) is 257 cm³/mol. The minimum atomic E-state index is -0.502. The quantitative estimate of drug-likeness (QED) is 0.130. The fourth-order valence-corrected chi connectivity index (χ4v) is 11.8. The molecule has 8 nitrogen and oxygen atoms in total. The van der Waals surface area contributed by atoms with Crippen molar-refractivity contribution in [3.8, 4) is 0 Å². The van der Waals surface area contributed by atoms with Crippen LogP contribution in [0.3, 0.4) is 0 Å². The van der Waals surface area contributed by atoms with E-state index in [-0.39, 0.29) is 48.6 Å². The van der Waals surface area contributed by atoms with E-state index in [0.29, 0.717) is 0 Å². The second kappa shape index (κ2) is 14.7. The molecular formula is C40H58I4N8. The number of nitrogens with zero attached hydrogens (tertiary/aromatic N) is 5. The van der Waals surface area contributed by atoms with Crippen molar-refractivity contribution in [1.29, 1.82) is 0 Å². The molecule has 1 aromatic heterocycles. The summed E-state index contributed by atoms with van der Waals surface area (Å²) in [6.07, 6.45) is 17.8. The van der Waals surface area contributed by atoms with Crippen LogP contribution in [0, 0.1) is 0 Å². The van der Waals surface area contributed by atoms with Gasteiger partial charge in [0.05, 0.1) is 36.0 Å². The monoisotopic (exact) mass is 1160 g/mol. The number of rotatable bonds is 9. The third-order valence-electron chi connectivity index (χ3n) is 12.5. The summed E-state index contributed by atoms with van der Waals surface area (Å²) in [5, 5.41) is 0. The topological polar surface area (TPSA) is 114 Å². The summed E-state index contributed by atoms with van der Waals surface area (Å²) in [4.78, 5) is 15.8.